The van der Waals surface area contributed by atoms with Crippen LogP contribution >= 0.6 is 0 Å². The molecule has 19 heavy (non-hydrogen) atoms. The second-order valence-corrected chi connectivity index (χ2v) is 3.93. The van der Waals surface area contributed by atoms with Crippen molar-refractivity contribution in [2.45, 2.75) is 13.2 Å². The van der Waals surface area contributed by atoms with Crippen molar-refractivity contribution in [3.05, 3.63) is 59.3 Å². The van der Waals surface area contributed by atoms with Crippen LogP contribution in [0, 0.1) is 17.7 Å². The van der Waals surface area contributed by atoms with Gasteiger partial charge in [0.2, 0.25) is 0 Å². The zero-order chi connectivity index (χ0) is 13.5. The molecule has 98 valence electrons. The molecule has 0 bridgehead atoms. The van der Waals surface area contributed by atoms with Crippen LogP contribution in [0.5, 0.6) is 0 Å². The molecule has 0 spiro atoms. The van der Waals surface area contributed by atoms with E-state index in [0.717, 1.165) is 11.3 Å². The van der Waals surface area contributed by atoms with Crippen LogP contribution in [-0.2, 0) is 18.0 Å². The minimum atomic E-state index is -0.333. The van der Waals surface area contributed by atoms with E-state index in [-0.39, 0.29) is 12.4 Å². The average Bonchev–Trinajstić information content (AvgIpc) is 2.89. The SMILES string of the molecule is NCC#Cc1cc(F)cc(COCc2ccco2)c1. The molecule has 0 radical (unpaired) electrons. The summed E-state index contributed by atoms with van der Waals surface area (Å²) < 4.78 is 24.0. The van der Waals surface area contributed by atoms with Crippen LogP contribution < -0.4 is 5.73 Å². The summed E-state index contributed by atoms with van der Waals surface area (Å²) >= 11 is 0. The third kappa shape index (κ3) is 4.25. The van der Waals surface area contributed by atoms with Crippen molar-refractivity contribution in [3.8, 4) is 11.8 Å². The van der Waals surface area contributed by atoms with Gasteiger partial charge in [-0.25, -0.2) is 4.39 Å². The number of ether oxygens (including phenoxy) is 1. The van der Waals surface area contributed by atoms with Crippen LogP contribution in [0.25, 0.3) is 0 Å². The molecule has 1 aromatic heterocycles. The summed E-state index contributed by atoms with van der Waals surface area (Å²) in [5.74, 6) is 5.90. The van der Waals surface area contributed by atoms with Gasteiger partial charge in [-0.1, -0.05) is 11.8 Å². The van der Waals surface area contributed by atoms with Crippen molar-refractivity contribution in [2.75, 3.05) is 6.54 Å². The summed E-state index contributed by atoms with van der Waals surface area (Å²) in [6.45, 7) is 0.907. The molecule has 0 aliphatic heterocycles. The smallest absolute Gasteiger partial charge is 0.129 e. The second-order valence-electron chi connectivity index (χ2n) is 3.93. The lowest BCUT2D eigenvalue weighted by Crippen LogP contribution is -1.96. The fourth-order valence-corrected chi connectivity index (χ4v) is 1.62. The van der Waals surface area contributed by atoms with Crippen molar-refractivity contribution in [1.29, 1.82) is 0 Å². The first-order valence-electron chi connectivity index (χ1n) is 5.86. The van der Waals surface area contributed by atoms with E-state index in [4.69, 9.17) is 14.9 Å². The molecule has 3 nitrogen and oxygen atoms in total. The fourth-order valence-electron chi connectivity index (χ4n) is 1.62. The second kappa shape index (κ2) is 6.74. The van der Waals surface area contributed by atoms with Gasteiger partial charge in [0.25, 0.3) is 0 Å². The zero-order valence-corrected chi connectivity index (χ0v) is 10.4. The molecule has 2 N–H and O–H groups in total. The quantitative estimate of drug-likeness (QED) is 0.858. The standard InChI is InChI=1S/C15H14FNO2/c16-14-8-12(3-1-5-17)7-13(9-14)10-18-11-15-4-2-6-19-15/h2,4,6-9H,5,10-11,17H2. The molecule has 0 saturated carbocycles. The summed E-state index contributed by atoms with van der Waals surface area (Å²) in [4.78, 5) is 0. The van der Waals surface area contributed by atoms with Gasteiger partial charge in [0, 0.05) is 5.56 Å². The van der Waals surface area contributed by atoms with Crippen LogP contribution in [0.3, 0.4) is 0 Å². The predicted octanol–water partition coefficient (Wildman–Crippen LogP) is 2.45. The van der Waals surface area contributed by atoms with E-state index in [1.165, 1.54) is 12.1 Å². The summed E-state index contributed by atoms with van der Waals surface area (Å²) in [5, 5.41) is 0. The largest absolute Gasteiger partial charge is 0.467 e. The highest BCUT2D eigenvalue weighted by atomic mass is 19.1. The lowest BCUT2D eigenvalue weighted by atomic mass is 10.1. The maximum Gasteiger partial charge on any atom is 0.129 e. The van der Waals surface area contributed by atoms with Crippen LogP contribution in [-0.4, -0.2) is 6.54 Å². The Morgan fingerprint density at radius 3 is 2.89 bits per heavy atom. The Morgan fingerprint density at radius 2 is 2.16 bits per heavy atom. The van der Waals surface area contributed by atoms with Gasteiger partial charge in [-0.3, -0.25) is 0 Å². The van der Waals surface area contributed by atoms with Crippen LogP contribution in [0.15, 0.2) is 41.0 Å². The highest BCUT2D eigenvalue weighted by Gasteiger charge is 2.01. The Morgan fingerprint density at radius 1 is 1.26 bits per heavy atom. The minimum absolute atomic E-state index is 0.251. The number of hydrogen-bond acceptors (Lipinski definition) is 3. The van der Waals surface area contributed by atoms with E-state index in [1.807, 2.05) is 6.07 Å². The summed E-state index contributed by atoms with van der Waals surface area (Å²) in [7, 11) is 0. The zero-order valence-electron chi connectivity index (χ0n) is 10.4. The van der Waals surface area contributed by atoms with Gasteiger partial charge in [0.05, 0.1) is 19.4 Å². The first-order chi connectivity index (χ1) is 9.28. The Hall–Kier alpha value is -2.09. The van der Waals surface area contributed by atoms with Gasteiger partial charge in [0.15, 0.2) is 0 Å². The Bertz CT molecular complexity index is 582. The number of nitrogens with two attached hydrogens (primary N) is 1. The first-order valence-corrected chi connectivity index (χ1v) is 5.86. The molecule has 2 rings (SSSR count). The average molecular weight is 259 g/mol. The van der Waals surface area contributed by atoms with Gasteiger partial charge in [-0.15, -0.1) is 0 Å². The van der Waals surface area contributed by atoms with Gasteiger partial charge in [0.1, 0.15) is 18.2 Å². The van der Waals surface area contributed by atoms with Crippen molar-refractivity contribution in [1.82, 2.24) is 0 Å². The van der Waals surface area contributed by atoms with Crippen molar-refractivity contribution in [3.63, 3.8) is 0 Å². The highest BCUT2D eigenvalue weighted by Crippen LogP contribution is 2.11. The Labute approximate surface area is 111 Å². The number of hydrogen-bond donors (Lipinski definition) is 1. The molecule has 0 fully saturated rings. The summed E-state index contributed by atoms with van der Waals surface area (Å²) in [5.41, 5.74) is 6.61. The molecule has 0 aliphatic rings. The van der Waals surface area contributed by atoms with Crippen LogP contribution in [0.4, 0.5) is 4.39 Å². The molecule has 0 saturated heterocycles. The van der Waals surface area contributed by atoms with Crippen LogP contribution in [0.1, 0.15) is 16.9 Å². The molecule has 1 heterocycles. The van der Waals surface area contributed by atoms with E-state index in [1.54, 1.807) is 18.4 Å². The molecule has 4 heteroatoms. The van der Waals surface area contributed by atoms with E-state index in [9.17, 15) is 4.39 Å². The monoisotopic (exact) mass is 259 g/mol. The van der Waals surface area contributed by atoms with E-state index in [2.05, 4.69) is 11.8 Å². The minimum Gasteiger partial charge on any atom is -0.467 e. The normalized spacial score (nSPS) is 10.0. The number of benzene rings is 1. The predicted molar refractivity (Wildman–Crippen MR) is 69.5 cm³/mol. The van der Waals surface area contributed by atoms with Crippen molar-refractivity contribution >= 4 is 0 Å². The third-order valence-electron chi connectivity index (χ3n) is 2.39. The molecular formula is C15H14FNO2. The fraction of sp³-hybridized carbons (Fsp3) is 0.200. The summed E-state index contributed by atoms with van der Waals surface area (Å²) in [6.07, 6.45) is 1.58. The highest BCUT2D eigenvalue weighted by molar-refractivity contribution is 5.37. The van der Waals surface area contributed by atoms with Gasteiger partial charge in [-0.05, 0) is 35.9 Å². The Kier molecular flexibility index (Phi) is 4.73. The maximum atomic E-state index is 13.4. The molecule has 0 amide bonds. The third-order valence-corrected chi connectivity index (χ3v) is 2.39. The van der Waals surface area contributed by atoms with E-state index in [0.29, 0.717) is 18.8 Å². The van der Waals surface area contributed by atoms with Gasteiger partial charge in [-0.2, -0.15) is 0 Å². The molecular weight excluding hydrogens is 245 g/mol. The van der Waals surface area contributed by atoms with Crippen molar-refractivity contribution in [2.24, 2.45) is 5.73 Å². The lowest BCUT2D eigenvalue weighted by Gasteiger charge is -2.04. The number of halogens is 1. The molecule has 1 aromatic carbocycles. The van der Waals surface area contributed by atoms with E-state index >= 15 is 0 Å². The maximum absolute atomic E-state index is 13.4. The number of rotatable bonds is 4. The van der Waals surface area contributed by atoms with Crippen LogP contribution in [0.2, 0.25) is 0 Å². The molecule has 0 atom stereocenters. The van der Waals surface area contributed by atoms with Gasteiger partial charge < -0.3 is 14.9 Å². The molecule has 2 aromatic rings. The summed E-state index contributed by atoms with van der Waals surface area (Å²) in [6, 6.07) is 8.20. The first kappa shape index (κ1) is 13.3. The number of furan rings is 1. The van der Waals surface area contributed by atoms with E-state index < -0.39 is 0 Å². The Balaban J connectivity index is 1.97. The molecule has 0 aliphatic carbocycles. The molecule has 0 unspecified atom stereocenters. The van der Waals surface area contributed by atoms with Crippen molar-refractivity contribution < 1.29 is 13.5 Å². The topological polar surface area (TPSA) is 48.4 Å². The van der Waals surface area contributed by atoms with Gasteiger partial charge >= 0.3 is 0 Å². The lowest BCUT2D eigenvalue weighted by molar-refractivity contribution is 0.0927.